The van der Waals surface area contributed by atoms with Crippen molar-refractivity contribution in [3.05, 3.63) is 60.2 Å². The molecular formula is C21H17FN4O3. The first-order valence-electron chi connectivity index (χ1n) is 8.50. The summed E-state index contributed by atoms with van der Waals surface area (Å²) < 4.78 is 21.1. The fourth-order valence-corrected chi connectivity index (χ4v) is 2.74. The molecule has 0 aliphatic heterocycles. The number of primary amides is 1. The highest BCUT2D eigenvalue weighted by molar-refractivity contribution is 6.04. The van der Waals surface area contributed by atoms with Crippen molar-refractivity contribution >= 4 is 17.5 Å². The zero-order valence-electron chi connectivity index (χ0n) is 15.7. The lowest BCUT2D eigenvalue weighted by atomic mass is 10.1. The maximum Gasteiger partial charge on any atom is 0.300 e. The molecule has 146 valence electrons. The number of nitrogens with two attached hydrogens (primary N) is 1. The molecule has 0 bridgehead atoms. The minimum atomic E-state index is -0.704. The number of methoxy groups -OCH3 is 1. The highest BCUT2D eigenvalue weighted by atomic mass is 19.1. The maximum absolute atomic E-state index is 14.5. The van der Waals surface area contributed by atoms with Crippen LogP contribution in [0, 0.1) is 17.8 Å². The minimum Gasteiger partial charge on any atom is -0.496 e. The van der Waals surface area contributed by atoms with Gasteiger partial charge in [-0.1, -0.05) is 18.1 Å². The lowest BCUT2D eigenvalue weighted by Gasteiger charge is -2.07. The van der Waals surface area contributed by atoms with Crippen molar-refractivity contribution in [3.8, 4) is 34.4 Å². The zero-order valence-corrected chi connectivity index (χ0v) is 15.7. The summed E-state index contributed by atoms with van der Waals surface area (Å²) >= 11 is 0. The van der Waals surface area contributed by atoms with Crippen LogP contribution in [0.2, 0.25) is 0 Å². The van der Waals surface area contributed by atoms with Crippen LogP contribution in [0.25, 0.3) is 16.8 Å². The van der Waals surface area contributed by atoms with Gasteiger partial charge in [0.2, 0.25) is 5.95 Å². The van der Waals surface area contributed by atoms with E-state index in [-0.39, 0.29) is 16.9 Å². The summed E-state index contributed by atoms with van der Waals surface area (Å²) in [6.45, 7) is 1.56. The molecule has 1 heterocycles. The Morgan fingerprint density at radius 1 is 1.24 bits per heavy atom. The molecule has 3 aromatic rings. The van der Waals surface area contributed by atoms with E-state index in [0.29, 0.717) is 16.9 Å². The number of benzene rings is 2. The monoisotopic (exact) mass is 392 g/mol. The number of rotatable bonds is 5. The lowest BCUT2D eigenvalue weighted by molar-refractivity contribution is -0.111. The van der Waals surface area contributed by atoms with Crippen LogP contribution in [0.4, 0.5) is 10.1 Å². The summed E-state index contributed by atoms with van der Waals surface area (Å²) in [6.07, 6.45) is 1.50. The molecule has 0 radical (unpaired) electrons. The zero-order chi connectivity index (χ0) is 21.0. The number of carbonyl (C=O) groups is 2. The van der Waals surface area contributed by atoms with E-state index in [2.05, 4.69) is 22.3 Å². The van der Waals surface area contributed by atoms with Gasteiger partial charge in [-0.25, -0.2) is 4.68 Å². The fourth-order valence-electron chi connectivity index (χ4n) is 2.74. The molecule has 0 aliphatic rings. The highest BCUT2D eigenvalue weighted by Crippen LogP contribution is 2.29. The standard InChI is InChI=1S/C21H17FN4O3/c1-3-5-19(27)24-14-6-4-7-15(11-14)26-12-17(20(22)25-26)13-8-9-16(21(23)28)18(10-13)29-2/h4,6-12H,1-2H3,(H2,23,28)(H,24,27). The Kier molecular flexibility index (Phi) is 5.60. The topological polar surface area (TPSA) is 99.2 Å². The molecule has 29 heavy (non-hydrogen) atoms. The molecule has 0 saturated carbocycles. The molecule has 0 atom stereocenters. The molecule has 1 aromatic heterocycles. The number of hydrogen-bond donors (Lipinski definition) is 2. The Morgan fingerprint density at radius 2 is 2.03 bits per heavy atom. The minimum absolute atomic E-state index is 0.197. The maximum atomic E-state index is 14.5. The van der Waals surface area contributed by atoms with E-state index in [4.69, 9.17) is 10.5 Å². The Bertz CT molecular complexity index is 1160. The van der Waals surface area contributed by atoms with Crippen molar-refractivity contribution in [2.24, 2.45) is 5.73 Å². The molecule has 0 spiro atoms. The van der Waals surface area contributed by atoms with Crippen molar-refractivity contribution in [3.63, 3.8) is 0 Å². The first-order valence-corrected chi connectivity index (χ1v) is 8.50. The third kappa shape index (κ3) is 4.25. The summed E-state index contributed by atoms with van der Waals surface area (Å²) in [5, 5.41) is 6.53. The summed E-state index contributed by atoms with van der Waals surface area (Å²) in [4.78, 5) is 23.1. The van der Waals surface area contributed by atoms with Crippen LogP contribution in [0.1, 0.15) is 17.3 Å². The van der Waals surface area contributed by atoms with E-state index < -0.39 is 17.8 Å². The number of amides is 2. The van der Waals surface area contributed by atoms with E-state index in [9.17, 15) is 14.0 Å². The fraction of sp³-hybridized carbons (Fsp3) is 0.0952. The predicted octanol–water partition coefficient (Wildman–Crippen LogP) is 2.75. The normalized spacial score (nSPS) is 10.0. The predicted molar refractivity (Wildman–Crippen MR) is 106 cm³/mol. The Labute approximate surface area is 166 Å². The van der Waals surface area contributed by atoms with Crippen LogP contribution < -0.4 is 15.8 Å². The molecule has 7 nitrogen and oxygen atoms in total. The second kappa shape index (κ2) is 8.27. The molecule has 0 fully saturated rings. The van der Waals surface area contributed by atoms with Gasteiger partial charge in [-0.15, -0.1) is 5.10 Å². The van der Waals surface area contributed by atoms with Gasteiger partial charge < -0.3 is 15.8 Å². The number of hydrogen-bond acceptors (Lipinski definition) is 4. The van der Waals surface area contributed by atoms with Gasteiger partial charge in [0.25, 0.3) is 11.8 Å². The van der Waals surface area contributed by atoms with Crippen LogP contribution in [-0.2, 0) is 4.79 Å². The number of carbonyl (C=O) groups excluding carboxylic acids is 2. The Balaban J connectivity index is 1.96. The lowest BCUT2D eigenvalue weighted by Crippen LogP contribution is -2.12. The molecule has 2 amide bonds. The van der Waals surface area contributed by atoms with Gasteiger partial charge in [-0.2, -0.15) is 4.39 Å². The van der Waals surface area contributed by atoms with Crippen LogP contribution in [0.3, 0.4) is 0 Å². The molecule has 0 saturated heterocycles. The number of nitrogens with one attached hydrogen (secondary N) is 1. The number of nitrogens with zero attached hydrogens (tertiary/aromatic N) is 2. The third-order valence-electron chi connectivity index (χ3n) is 4.05. The van der Waals surface area contributed by atoms with E-state index in [1.807, 2.05) is 0 Å². The average molecular weight is 392 g/mol. The summed E-state index contributed by atoms with van der Waals surface area (Å²) in [6, 6.07) is 11.3. The van der Waals surface area contributed by atoms with Crippen molar-refractivity contribution in [2.45, 2.75) is 6.92 Å². The van der Waals surface area contributed by atoms with E-state index in [1.54, 1.807) is 37.3 Å². The van der Waals surface area contributed by atoms with Gasteiger partial charge in [-0.05, 0) is 48.7 Å². The average Bonchev–Trinajstić information content (AvgIpc) is 3.09. The van der Waals surface area contributed by atoms with Gasteiger partial charge in [0.15, 0.2) is 0 Å². The largest absolute Gasteiger partial charge is 0.496 e. The van der Waals surface area contributed by atoms with Gasteiger partial charge in [0.1, 0.15) is 5.75 Å². The second-order valence-corrected chi connectivity index (χ2v) is 5.94. The van der Waals surface area contributed by atoms with Gasteiger partial charge in [-0.3, -0.25) is 9.59 Å². The molecule has 0 aliphatic carbocycles. The van der Waals surface area contributed by atoms with Crippen molar-refractivity contribution < 1.29 is 18.7 Å². The van der Waals surface area contributed by atoms with Gasteiger partial charge in [0, 0.05) is 11.9 Å². The second-order valence-electron chi connectivity index (χ2n) is 5.94. The highest BCUT2D eigenvalue weighted by Gasteiger charge is 2.16. The SMILES string of the molecule is CC#CC(=O)Nc1cccc(-n2cc(-c3ccc(C(N)=O)c(OC)c3)c(F)n2)c1. The number of anilines is 1. The summed E-state index contributed by atoms with van der Waals surface area (Å²) in [5.74, 6) is 3.35. The van der Waals surface area contributed by atoms with Crippen molar-refractivity contribution in [1.29, 1.82) is 0 Å². The smallest absolute Gasteiger partial charge is 0.300 e. The summed E-state index contributed by atoms with van der Waals surface area (Å²) in [5.41, 5.74) is 7.23. The molecular weight excluding hydrogens is 375 g/mol. The molecule has 3 N–H and O–H groups in total. The molecule has 2 aromatic carbocycles. The number of aromatic nitrogens is 2. The molecule has 8 heteroatoms. The van der Waals surface area contributed by atoms with Crippen LogP contribution >= 0.6 is 0 Å². The Hall–Kier alpha value is -4.12. The van der Waals surface area contributed by atoms with Crippen LogP contribution in [0.15, 0.2) is 48.7 Å². The van der Waals surface area contributed by atoms with E-state index in [1.165, 1.54) is 30.1 Å². The first-order chi connectivity index (χ1) is 13.9. The van der Waals surface area contributed by atoms with Crippen molar-refractivity contribution in [1.82, 2.24) is 9.78 Å². The third-order valence-corrected chi connectivity index (χ3v) is 4.05. The van der Waals surface area contributed by atoms with Crippen LogP contribution in [-0.4, -0.2) is 28.7 Å². The first kappa shape index (κ1) is 19.6. The van der Waals surface area contributed by atoms with Gasteiger partial charge in [0.05, 0.1) is 23.9 Å². The number of ether oxygens (including phenoxy) is 1. The Morgan fingerprint density at radius 3 is 2.72 bits per heavy atom. The van der Waals surface area contributed by atoms with Gasteiger partial charge >= 0.3 is 0 Å². The summed E-state index contributed by atoms with van der Waals surface area (Å²) in [7, 11) is 1.40. The van der Waals surface area contributed by atoms with Crippen LogP contribution in [0.5, 0.6) is 5.75 Å². The molecule has 3 rings (SSSR count). The number of halogens is 1. The van der Waals surface area contributed by atoms with E-state index in [0.717, 1.165) is 0 Å². The van der Waals surface area contributed by atoms with E-state index >= 15 is 0 Å². The van der Waals surface area contributed by atoms with Crippen molar-refractivity contribution in [2.75, 3.05) is 12.4 Å². The molecule has 0 unspecified atom stereocenters. The quantitative estimate of drug-likeness (QED) is 0.652.